The fraction of sp³-hybridized carbons (Fsp3) is 0.923. The van der Waals surface area contributed by atoms with Gasteiger partial charge in [-0.2, -0.15) is 0 Å². The minimum absolute atomic E-state index is 0.0206. The molecule has 1 saturated carbocycles. The number of aliphatic hydroxyl groups excluding tert-OH is 1. The average molecular weight is 227 g/mol. The molecule has 16 heavy (non-hydrogen) atoms. The third-order valence-corrected chi connectivity index (χ3v) is 3.97. The highest BCUT2D eigenvalue weighted by Crippen LogP contribution is 2.20. The Morgan fingerprint density at radius 3 is 2.56 bits per heavy atom. The molecule has 0 bridgehead atoms. The minimum atomic E-state index is -0.346. The maximum absolute atomic E-state index is 11.9. The molecule has 1 aliphatic carbocycles. The lowest BCUT2D eigenvalue weighted by molar-refractivity contribution is -0.127. The number of amides is 1. The van der Waals surface area contributed by atoms with Gasteiger partial charge in [-0.05, 0) is 18.8 Å². The van der Waals surface area contributed by atoms with Gasteiger partial charge in [0.1, 0.15) is 0 Å². The van der Waals surface area contributed by atoms with Crippen LogP contribution < -0.4 is 5.32 Å². The summed E-state index contributed by atoms with van der Waals surface area (Å²) in [6.45, 7) is 6.17. The van der Waals surface area contributed by atoms with Gasteiger partial charge in [0.2, 0.25) is 5.91 Å². The van der Waals surface area contributed by atoms with Crippen LogP contribution in [0.2, 0.25) is 0 Å². The first-order valence-electron chi connectivity index (χ1n) is 6.54. The molecule has 0 aromatic carbocycles. The molecule has 1 aliphatic rings. The van der Waals surface area contributed by atoms with Crippen LogP contribution in [0.15, 0.2) is 0 Å². The van der Waals surface area contributed by atoms with E-state index in [-0.39, 0.29) is 24.0 Å². The van der Waals surface area contributed by atoms with Gasteiger partial charge in [0, 0.05) is 5.92 Å². The molecule has 4 unspecified atom stereocenters. The van der Waals surface area contributed by atoms with Crippen LogP contribution in [0, 0.1) is 11.8 Å². The summed E-state index contributed by atoms with van der Waals surface area (Å²) < 4.78 is 0. The van der Waals surface area contributed by atoms with E-state index in [2.05, 4.69) is 19.2 Å². The molecule has 0 heterocycles. The summed E-state index contributed by atoms with van der Waals surface area (Å²) in [6.07, 6.45) is 4.60. The SMILES string of the molecule is CCC(C)C(C)C(=O)NC1CCCCC1O. The highest BCUT2D eigenvalue weighted by Gasteiger charge is 2.27. The lowest BCUT2D eigenvalue weighted by atomic mass is 9.89. The number of hydrogen-bond acceptors (Lipinski definition) is 2. The first kappa shape index (κ1) is 13.5. The molecule has 94 valence electrons. The zero-order chi connectivity index (χ0) is 12.1. The number of carbonyl (C=O) groups is 1. The van der Waals surface area contributed by atoms with Gasteiger partial charge in [-0.15, -0.1) is 0 Å². The molecule has 0 aromatic heterocycles. The van der Waals surface area contributed by atoms with E-state index in [0.29, 0.717) is 5.92 Å². The van der Waals surface area contributed by atoms with E-state index in [1.165, 1.54) is 0 Å². The quantitative estimate of drug-likeness (QED) is 0.772. The van der Waals surface area contributed by atoms with E-state index < -0.39 is 0 Å². The van der Waals surface area contributed by atoms with Crippen LogP contribution in [0.1, 0.15) is 52.9 Å². The molecule has 0 saturated heterocycles. The highest BCUT2D eigenvalue weighted by atomic mass is 16.3. The average Bonchev–Trinajstić information content (AvgIpc) is 2.30. The molecule has 0 aliphatic heterocycles. The maximum Gasteiger partial charge on any atom is 0.223 e. The fourth-order valence-electron chi connectivity index (χ4n) is 2.21. The zero-order valence-corrected chi connectivity index (χ0v) is 10.7. The first-order valence-corrected chi connectivity index (χ1v) is 6.54. The molecule has 1 amide bonds. The predicted molar refractivity (Wildman–Crippen MR) is 65.0 cm³/mol. The Balaban J connectivity index is 2.43. The van der Waals surface area contributed by atoms with Crippen molar-refractivity contribution in [2.75, 3.05) is 0 Å². The fourth-order valence-corrected chi connectivity index (χ4v) is 2.21. The maximum atomic E-state index is 11.9. The van der Waals surface area contributed by atoms with Crippen LogP contribution in [-0.2, 0) is 4.79 Å². The number of nitrogens with one attached hydrogen (secondary N) is 1. The van der Waals surface area contributed by atoms with Gasteiger partial charge in [0.15, 0.2) is 0 Å². The van der Waals surface area contributed by atoms with Crippen molar-refractivity contribution in [3.63, 3.8) is 0 Å². The Kier molecular flexibility index (Phi) is 5.26. The zero-order valence-electron chi connectivity index (χ0n) is 10.7. The summed E-state index contributed by atoms with van der Waals surface area (Å²) in [7, 11) is 0. The van der Waals surface area contributed by atoms with Gasteiger partial charge >= 0.3 is 0 Å². The van der Waals surface area contributed by atoms with Crippen molar-refractivity contribution in [3.05, 3.63) is 0 Å². The van der Waals surface area contributed by atoms with Crippen molar-refractivity contribution in [2.24, 2.45) is 11.8 Å². The summed E-state index contributed by atoms with van der Waals surface area (Å²) in [6, 6.07) is -0.0206. The van der Waals surface area contributed by atoms with Gasteiger partial charge in [-0.3, -0.25) is 4.79 Å². The van der Waals surface area contributed by atoms with Gasteiger partial charge in [0.05, 0.1) is 12.1 Å². The minimum Gasteiger partial charge on any atom is -0.391 e. The van der Waals surface area contributed by atoms with Crippen molar-refractivity contribution in [1.82, 2.24) is 5.32 Å². The van der Waals surface area contributed by atoms with Crippen LogP contribution in [-0.4, -0.2) is 23.2 Å². The van der Waals surface area contributed by atoms with Crippen molar-refractivity contribution >= 4 is 5.91 Å². The number of aliphatic hydroxyl groups is 1. The Morgan fingerprint density at radius 2 is 2.00 bits per heavy atom. The molecule has 4 atom stereocenters. The van der Waals surface area contributed by atoms with E-state index in [0.717, 1.165) is 32.1 Å². The van der Waals surface area contributed by atoms with E-state index in [9.17, 15) is 9.90 Å². The second kappa shape index (κ2) is 6.24. The van der Waals surface area contributed by atoms with Crippen molar-refractivity contribution in [1.29, 1.82) is 0 Å². The van der Waals surface area contributed by atoms with E-state index in [1.54, 1.807) is 0 Å². The second-order valence-electron chi connectivity index (χ2n) is 5.14. The second-order valence-corrected chi connectivity index (χ2v) is 5.14. The van der Waals surface area contributed by atoms with Crippen molar-refractivity contribution < 1.29 is 9.90 Å². The lowest BCUT2D eigenvalue weighted by Crippen LogP contribution is -2.47. The van der Waals surface area contributed by atoms with Gasteiger partial charge in [-0.25, -0.2) is 0 Å². The molecule has 1 rings (SSSR count). The van der Waals surface area contributed by atoms with Gasteiger partial charge < -0.3 is 10.4 Å². The van der Waals surface area contributed by atoms with Gasteiger partial charge in [-0.1, -0.05) is 40.0 Å². The Hall–Kier alpha value is -0.570. The molecule has 0 spiro atoms. The topological polar surface area (TPSA) is 49.3 Å². The Morgan fingerprint density at radius 1 is 1.38 bits per heavy atom. The molecule has 3 nitrogen and oxygen atoms in total. The van der Waals surface area contributed by atoms with Crippen LogP contribution in [0.3, 0.4) is 0 Å². The third-order valence-electron chi connectivity index (χ3n) is 3.97. The van der Waals surface area contributed by atoms with Crippen LogP contribution in [0.4, 0.5) is 0 Å². The largest absolute Gasteiger partial charge is 0.391 e. The molecular formula is C13H25NO2. The van der Waals surface area contributed by atoms with E-state index in [4.69, 9.17) is 0 Å². The summed E-state index contributed by atoms with van der Waals surface area (Å²) in [4.78, 5) is 11.9. The summed E-state index contributed by atoms with van der Waals surface area (Å²) >= 11 is 0. The molecule has 1 fully saturated rings. The highest BCUT2D eigenvalue weighted by molar-refractivity contribution is 5.78. The normalized spacial score (nSPS) is 29.5. The third kappa shape index (κ3) is 3.48. The van der Waals surface area contributed by atoms with E-state index >= 15 is 0 Å². The van der Waals surface area contributed by atoms with Gasteiger partial charge in [0.25, 0.3) is 0 Å². The number of rotatable bonds is 4. The Labute approximate surface area is 98.6 Å². The monoisotopic (exact) mass is 227 g/mol. The molecule has 3 heteroatoms. The summed E-state index contributed by atoms with van der Waals surface area (Å²) in [5.41, 5.74) is 0. The Bertz CT molecular complexity index is 230. The lowest BCUT2D eigenvalue weighted by Gasteiger charge is -2.30. The number of carbonyl (C=O) groups excluding carboxylic acids is 1. The van der Waals surface area contributed by atoms with Crippen molar-refractivity contribution in [2.45, 2.75) is 65.0 Å². The van der Waals surface area contributed by atoms with Crippen LogP contribution >= 0.6 is 0 Å². The molecule has 0 aromatic rings. The molecule has 2 N–H and O–H groups in total. The van der Waals surface area contributed by atoms with Crippen LogP contribution in [0.25, 0.3) is 0 Å². The summed E-state index contributed by atoms with van der Waals surface area (Å²) in [5.74, 6) is 0.542. The predicted octanol–water partition coefficient (Wildman–Crippen LogP) is 2.09. The van der Waals surface area contributed by atoms with Crippen molar-refractivity contribution in [3.8, 4) is 0 Å². The smallest absolute Gasteiger partial charge is 0.223 e. The molecular weight excluding hydrogens is 202 g/mol. The molecule has 0 radical (unpaired) electrons. The standard InChI is InChI=1S/C13H25NO2/c1-4-9(2)10(3)13(16)14-11-7-5-6-8-12(11)15/h9-12,15H,4-8H2,1-3H3,(H,14,16). The first-order chi connectivity index (χ1) is 7.56. The van der Waals surface area contributed by atoms with Crippen LogP contribution in [0.5, 0.6) is 0 Å². The number of hydrogen-bond donors (Lipinski definition) is 2. The van der Waals surface area contributed by atoms with E-state index in [1.807, 2.05) is 6.92 Å². The summed E-state index contributed by atoms with van der Waals surface area (Å²) in [5, 5.41) is 12.8.